The number of ether oxygens (including phenoxy) is 1. The highest BCUT2D eigenvalue weighted by molar-refractivity contribution is 14.1. The first-order chi connectivity index (χ1) is 4.34. The van der Waals surface area contributed by atoms with Crippen molar-refractivity contribution in [3.63, 3.8) is 0 Å². The topological polar surface area (TPSA) is 9.23 Å². The van der Waals surface area contributed by atoms with Gasteiger partial charge >= 0.3 is 0 Å². The van der Waals surface area contributed by atoms with E-state index in [1.165, 1.54) is 25.7 Å². The van der Waals surface area contributed by atoms with E-state index in [9.17, 15) is 0 Å². The molecule has 0 saturated heterocycles. The van der Waals surface area contributed by atoms with Crippen molar-refractivity contribution in [2.45, 2.75) is 35.7 Å². The highest BCUT2D eigenvalue weighted by Crippen LogP contribution is 2.26. The minimum atomic E-state index is 0.541. The molecule has 1 aliphatic carbocycles. The third kappa shape index (κ3) is 2.08. The third-order valence-corrected chi connectivity index (χ3v) is 3.35. The molecule has 1 aliphatic rings. The molecular weight excluding hydrogens is 227 g/mol. The molecule has 0 aromatic carbocycles. The molecule has 0 aromatic rings. The van der Waals surface area contributed by atoms with Crippen LogP contribution in [-0.4, -0.2) is 17.1 Å². The largest absolute Gasteiger partial charge is 0.380 e. The summed E-state index contributed by atoms with van der Waals surface area (Å²) < 4.78 is 6.06. The quantitative estimate of drug-likeness (QED) is 0.505. The van der Waals surface area contributed by atoms with E-state index < -0.39 is 0 Å². The summed E-state index contributed by atoms with van der Waals surface area (Å²) in [5.74, 6) is 0. The fraction of sp³-hybridized carbons (Fsp3) is 1.00. The smallest absolute Gasteiger partial charge is 0.0688 e. The summed E-state index contributed by atoms with van der Waals surface area (Å²) in [6.07, 6.45) is 5.91. The lowest BCUT2D eigenvalue weighted by atomic mass is 9.98. The Morgan fingerprint density at radius 1 is 1.33 bits per heavy atom. The number of hydrogen-bond donors (Lipinski definition) is 0. The molecule has 1 rings (SSSR count). The van der Waals surface area contributed by atoms with E-state index >= 15 is 0 Å². The Balaban J connectivity index is 2.30. The lowest BCUT2D eigenvalue weighted by molar-refractivity contribution is 0.0804. The van der Waals surface area contributed by atoms with Crippen LogP contribution in [0.4, 0.5) is 0 Å². The van der Waals surface area contributed by atoms with Crippen LogP contribution in [0, 0.1) is 0 Å². The fourth-order valence-corrected chi connectivity index (χ4v) is 2.41. The van der Waals surface area contributed by atoms with Crippen LogP contribution in [0.1, 0.15) is 25.7 Å². The zero-order chi connectivity index (χ0) is 6.69. The number of hydrogen-bond acceptors (Lipinski definition) is 1. The standard InChI is InChI=1S/C7H13IO/c1-9-7-5-3-2-4-6(7)8/h6-7H,2-5H2,1H3/t6-,7+/m0/s1. The van der Waals surface area contributed by atoms with Crippen molar-refractivity contribution in [2.75, 3.05) is 7.11 Å². The zero-order valence-electron chi connectivity index (χ0n) is 5.77. The van der Waals surface area contributed by atoms with E-state index in [0.717, 1.165) is 3.92 Å². The van der Waals surface area contributed by atoms with Gasteiger partial charge in [-0.25, -0.2) is 0 Å². The minimum Gasteiger partial charge on any atom is -0.380 e. The fourth-order valence-electron chi connectivity index (χ4n) is 1.32. The van der Waals surface area contributed by atoms with Crippen molar-refractivity contribution in [2.24, 2.45) is 0 Å². The van der Waals surface area contributed by atoms with E-state index in [1.807, 2.05) is 7.11 Å². The Labute approximate surface area is 70.3 Å². The molecule has 9 heavy (non-hydrogen) atoms. The lowest BCUT2D eigenvalue weighted by Gasteiger charge is -2.25. The first kappa shape index (κ1) is 7.79. The first-order valence-electron chi connectivity index (χ1n) is 3.51. The number of halogens is 1. The minimum absolute atomic E-state index is 0.541. The predicted molar refractivity (Wildman–Crippen MR) is 47.1 cm³/mol. The molecular formula is C7H13IO. The monoisotopic (exact) mass is 240 g/mol. The van der Waals surface area contributed by atoms with Crippen LogP contribution in [0.25, 0.3) is 0 Å². The number of methoxy groups -OCH3 is 1. The summed E-state index contributed by atoms with van der Waals surface area (Å²) in [6, 6.07) is 0. The number of rotatable bonds is 1. The van der Waals surface area contributed by atoms with Crippen LogP contribution >= 0.6 is 22.6 Å². The van der Waals surface area contributed by atoms with E-state index in [0.29, 0.717) is 6.10 Å². The molecule has 0 unspecified atom stereocenters. The van der Waals surface area contributed by atoms with Crippen LogP contribution < -0.4 is 0 Å². The van der Waals surface area contributed by atoms with Gasteiger partial charge in [0.1, 0.15) is 0 Å². The molecule has 0 radical (unpaired) electrons. The van der Waals surface area contributed by atoms with Crippen molar-refractivity contribution in [3.8, 4) is 0 Å². The summed E-state index contributed by atoms with van der Waals surface area (Å²) in [6.45, 7) is 0. The van der Waals surface area contributed by atoms with E-state index in [4.69, 9.17) is 4.74 Å². The maximum atomic E-state index is 5.30. The molecule has 0 aromatic heterocycles. The highest BCUT2D eigenvalue weighted by Gasteiger charge is 2.21. The molecule has 0 amide bonds. The van der Waals surface area contributed by atoms with Crippen molar-refractivity contribution >= 4 is 22.6 Å². The summed E-state index contributed by atoms with van der Waals surface area (Å²) in [4.78, 5) is 0. The Morgan fingerprint density at radius 2 is 2.00 bits per heavy atom. The lowest BCUT2D eigenvalue weighted by Crippen LogP contribution is -2.26. The van der Waals surface area contributed by atoms with E-state index in [1.54, 1.807) is 0 Å². The Kier molecular flexibility index (Phi) is 3.26. The molecule has 0 bridgehead atoms. The Bertz CT molecular complexity index is 85.0. The average Bonchev–Trinajstić information content (AvgIpc) is 1.89. The summed E-state index contributed by atoms with van der Waals surface area (Å²) >= 11 is 2.49. The average molecular weight is 240 g/mol. The normalized spacial score (nSPS) is 36.7. The summed E-state index contributed by atoms with van der Waals surface area (Å²) in [5, 5.41) is 0. The summed E-state index contributed by atoms with van der Waals surface area (Å²) in [5.41, 5.74) is 0. The van der Waals surface area contributed by atoms with E-state index in [-0.39, 0.29) is 0 Å². The van der Waals surface area contributed by atoms with Gasteiger partial charge in [0.2, 0.25) is 0 Å². The van der Waals surface area contributed by atoms with Gasteiger partial charge in [-0.15, -0.1) is 0 Å². The maximum absolute atomic E-state index is 5.30. The first-order valence-corrected chi connectivity index (χ1v) is 4.76. The van der Waals surface area contributed by atoms with Crippen molar-refractivity contribution < 1.29 is 4.74 Å². The van der Waals surface area contributed by atoms with Gasteiger partial charge in [-0.3, -0.25) is 0 Å². The SMILES string of the molecule is CO[C@@H]1CCCC[C@@H]1I. The van der Waals surface area contributed by atoms with Crippen molar-refractivity contribution in [1.82, 2.24) is 0 Å². The van der Waals surface area contributed by atoms with Crippen molar-refractivity contribution in [1.29, 1.82) is 0 Å². The molecule has 0 N–H and O–H groups in total. The highest BCUT2D eigenvalue weighted by atomic mass is 127. The Morgan fingerprint density at radius 3 is 2.44 bits per heavy atom. The molecule has 0 heterocycles. The van der Waals surface area contributed by atoms with Crippen LogP contribution in [-0.2, 0) is 4.74 Å². The molecule has 1 saturated carbocycles. The van der Waals surface area contributed by atoms with Crippen LogP contribution in [0.5, 0.6) is 0 Å². The zero-order valence-corrected chi connectivity index (χ0v) is 7.93. The van der Waals surface area contributed by atoms with Gasteiger partial charge in [0.15, 0.2) is 0 Å². The molecule has 54 valence electrons. The molecule has 2 atom stereocenters. The maximum Gasteiger partial charge on any atom is 0.0688 e. The van der Waals surface area contributed by atoms with Crippen LogP contribution in [0.2, 0.25) is 0 Å². The molecule has 0 aliphatic heterocycles. The van der Waals surface area contributed by atoms with Crippen molar-refractivity contribution in [3.05, 3.63) is 0 Å². The van der Waals surface area contributed by atoms with Gasteiger partial charge in [0.05, 0.1) is 6.10 Å². The molecule has 2 heteroatoms. The second-order valence-corrected chi connectivity index (χ2v) is 4.17. The second kappa shape index (κ2) is 3.76. The number of alkyl halides is 1. The van der Waals surface area contributed by atoms with Gasteiger partial charge in [-0.2, -0.15) is 0 Å². The van der Waals surface area contributed by atoms with Gasteiger partial charge in [-0.05, 0) is 12.8 Å². The summed E-state index contributed by atoms with van der Waals surface area (Å²) in [7, 11) is 1.82. The van der Waals surface area contributed by atoms with Crippen LogP contribution in [0.15, 0.2) is 0 Å². The van der Waals surface area contributed by atoms with Gasteiger partial charge in [-0.1, -0.05) is 35.4 Å². The molecule has 0 spiro atoms. The van der Waals surface area contributed by atoms with Gasteiger partial charge in [0.25, 0.3) is 0 Å². The van der Waals surface area contributed by atoms with Gasteiger partial charge < -0.3 is 4.74 Å². The van der Waals surface area contributed by atoms with Gasteiger partial charge in [0, 0.05) is 11.0 Å². The van der Waals surface area contributed by atoms with E-state index in [2.05, 4.69) is 22.6 Å². The van der Waals surface area contributed by atoms with Crippen LogP contribution in [0.3, 0.4) is 0 Å². The second-order valence-electron chi connectivity index (χ2n) is 2.57. The molecule has 1 nitrogen and oxygen atoms in total. The Hall–Kier alpha value is 0.690. The molecule has 1 fully saturated rings. The predicted octanol–water partition coefficient (Wildman–Crippen LogP) is 2.38. The third-order valence-electron chi connectivity index (χ3n) is 1.92.